The van der Waals surface area contributed by atoms with Gasteiger partial charge in [-0.1, -0.05) is 0 Å². The van der Waals surface area contributed by atoms with Gasteiger partial charge < -0.3 is 9.84 Å². The van der Waals surface area contributed by atoms with E-state index in [-0.39, 0.29) is 11.7 Å². The van der Waals surface area contributed by atoms with E-state index in [1.807, 2.05) is 13.8 Å². The summed E-state index contributed by atoms with van der Waals surface area (Å²) < 4.78 is 18.9. The molecule has 1 aromatic carbocycles. The first kappa shape index (κ1) is 13.6. The van der Waals surface area contributed by atoms with Gasteiger partial charge in [0, 0.05) is 11.6 Å². The van der Waals surface area contributed by atoms with Crippen LogP contribution in [0.15, 0.2) is 18.2 Å². The van der Waals surface area contributed by atoms with Gasteiger partial charge >= 0.3 is 0 Å². The van der Waals surface area contributed by atoms with Crippen LogP contribution in [0.4, 0.5) is 4.39 Å². The molecule has 0 bridgehead atoms. The van der Waals surface area contributed by atoms with E-state index < -0.39 is 16.8 Å². The minimum absolute atomic E-state index is 0.0380. The Kier molecular flexibility index (Phi) is 4.84. The molecule has 0 aliphatic heterocycles. The lowest BCUT2D eigenvalue weighted by Crippen LogP contribution is -2.10. The first-order valence-corrected chi connectivity index (χ1v) is 5.71. The van der Waals surface area contributed by atoms with Crippen LogP contribution in [0, 0.1) is 5.82 Å². The molecule has 0 heterocycles. The van der Waals surface area contributed by atoms with Crippen molar-refractivity contribution < 1.29 is 14.2 Å². The Labute approximate surface area is 104 Å². The molecule has 0 aliphatic carbocycles. The molecule has 1 aromatic rings. The number of benzene rings is 1. The maximum Gasteiger partial charge on any atom is 0.137 e. The molecule has 1 atom stereocenters. The van der Waals surface area contributed by atoms with Crippen LogP contribution in [0.1, 0.15) is 25.5 Å². The molecule has 90 valence electrons. The third kappa shape index (κ3) is 3.51. The summed E-state index contributed by atoms with van der Waals surface area (Å²) in [5.41, 5.74) is 0.0612. The van der Waals surface area contributed by atoms with Gasteiger partial charge in [-0.15, -0.1) is 23.2 Å². The zero-order valence-electron chi connectivity index (χ0n) is 8.95. The quantitative estimate of drug-likeness (QED) is 0.846. The third-order valence-corrected chi connectivity index (χ3v) is 2.38. The van der Waals surface area contributed by atoms with Gasteiger partial charge in [-0.25, -0.2) is 4.39 Å². The summed E-state index contributed by atoms with van der Waals surface area (Å²) in [6.45, 7) is 3.68. The molecule has 0 saturated carbocycles. The van der Waals surface area contributed by atoms with Crippen molar-refractivity contribution in [3.8, 4) is 5.75 Å². The molecule has 1 N–H and O–H groups in total. The first-order chi connectivity index (χ1) is 7.41. The van der Waals surface area contributed by atoms with Crippen molar-refractivity contribution in [1.29, 1.82) is 0 Å². The Balaban J connectivity index is 2.91. The van der Waals surface area contributed by atoms with E-state index in [1.54, 1.807) is 6.07 Å². The van der Waals surface area contributed by atoms with Crippen molar-refractivity contribution in [2.45, 2.75) is 30.9 Å². The molecular formula is C11H13Cl2FO2. The highest BCUT2D eigenvalue weighted by molar-refractivity contribution is 6.44. The molecular weight excluding hydrogens is 254 g/mol. The third-order valence-electron chi connectivity index (χ3n) is 1.90. The summed E-state index contributed by atoms with van der Waals surface area (Å²) >= 11 is 11.0. The van der Waals surface area contributed by atoms with Crippen molar-refractivity contribution in [2.75, 3.05) is 0 Å². The van der Waals surface area contributed by atoms with Crippen LogP contribution in [0.2, 0.25) is 0 Å². The molecule has 0 spiro atoms. The van der Waals surface area contributed by atoms with Crippen LogP contribution in [0.25, 0.3) is 0 Å². The Hall–Kier alpha value is -0.510. The van der Waals surface area contributed by atoms with E-state index in [4.69, 9.17) is 27.9 Å². The van der Waals surface area contributed by atoms with Gasteiger partial charge in [-0.2, -0.15) is 0 Å². The first-order valence-electron chi connectivity index (χ1n) is 4.84. The summed E-state index contributed by atoms with van der Waals surface area (Å²) in [4.78, 5) is -1.06. The summed E-state index contributed by atoms with van der Waals surface area (Å²) in [7, 11) is 0. The smallest absolute Gasteiger partial charge is 0.137 e. The summed E-state index contributed by atoms with van der Waals surface area (Å²) in [5, 5.41) is 9.51. The number of rotatable bonds is 4. The lowest BCUT2D eigenvalue weighted by atomic mass is 10.1. The molecule has 0 amide bonds. The van der Waals surface area contributed by atoms with Crippen molar-refractivity contribution in [1.82, 2.24) is 0 Å². The number of aliphatic hydroxyl groups excluding tert-OH is 1. The Bertz CT molecular complexity index is 356. The van der Waals surface area contributed by atoms with E-state index in [0.29, 0.717) is 5.75 Å². The molecule has 0 fully saturated rings. The average Bonchev–Trinajstić information content (AvgIpc) is 2.15. The van der Waals surface area contributed by atoms with Crippen LogP contribution in [0.3, 0.4) is 0 Å². The van der Waals surface area contributed by atoms with E-state index in [0.717, 1.165) is 0 Å². The molecule has 5 heteroatoms. The molecule has 0 aromatic heterocycles. The zero-order valence-corrected chi connectivity index (χ0v) is 10.5. The van der Waals surface area contributed by atoms with Crippen LogP contribution in [0.5, 0.6) is 5.75 Å². The van der Waals surface area contributed by atoms with E-state index in [1.165, 1.54) is 12.1 Å². The molecule has 0 radical (unpaired) electrons. The molecule has 16 heavy (non-hydrogen) atoms. The van der Waals surface area contributed by atoms with Gasteiger partial charge in [-0.05, 0) is 26.0 Å². The van der Waals surface area contributed by atoms with Gasteiger partial charge in [0.05, 0.1) is 6.10 Å². The monoisotopic (exact) mass is 266 g/mol. The Morgan fingerprint density at radius 1 is 1.31 bits per heavy atom. The van der Waals surface area contributed by atoms with Crippen molar-refractivity contribution in [3.05, 3.63) is 29.6 Å². The fourth-order valence-corrected chi connectivity index (χ4v) is 1.50. The second-order valence-corrected chi connectivity index (χ2v) is 4.79. The minimum atomic E-state index is -1.24. The zero-order chi connectivity index (χ0) is 12.3. The van der Waals surface area contributed by atoms with Crippen LogP contribution < -0.4 is 4.74 Å². The normalized spacial score (nSPS) is 13.2. The van der Waals surface area contributed by atoms with Gasteiger partial charge in [0.25, 0.3) is 0 Å². The lowest BCUT2D eigenvalue weighted by molar-refractivity contribution is 0.187. The fourth-order valence-electron chi connectivity index (χ4n) is 1.23. The Morgan fingerprint density at radius 2 is 1.94 bits per heavy atom. The van der Waals surface area contributed by atoms with Crippen molar-refractivity contribution in [3.63, 3.8) is 0 Å². The maximum atomic E-state index is 13.6. The maximum absolute atomic E-state index is 13.6. The highest BCUT2D eigenvalue weighted by Crippen LogP contribution is 2.28. The summed E-state index contributed by atoms with van der Waals surface area (Å²) in [5.74, 6) is -0.180. The predicted octanol–water partition coefficient (Wildman–Crippen LogP) is 3.45. The molecule has 1 rings (SSSR count). The lowest BCUT2D eigenvalue weighted by Gasteiger charge is -2.15. The highest BCUT2D eigenvalue weighted by Gasteiger charge is 2.19. The number of aliphatic hydroxyl groups is 1. The largest absolute Gasteiger partial charge is 0.491 e. The Morgan fingerprint density at radius 3 is 2.38 bits per heavy atom. The highest BCUT2D eigenvalue weighted by atomic mass is 35.5. The number of hydrogen-bond donors (Lipinski definition) is 1. The fraction of sp³-hybridized carbons (Fsp3) is 0.455. The predicted molar refractivity (Wildman–Crippen MR) is 62.6 cm³/mol. The van der Waals surface area contributed by atoms with Crippen LogP contribution in [-0.2, 0) is 0 Å². The molecule has 1 unspecified atom stereocenters. The van der Waals surface area contributed by atoms with Crippen LogP contribution in [-0.4, -0.2) is 16.0 Å². The summed E-state index contributed by atoms with van der Waals surface area (Å²) in [6, 6.07) is 4.18. The van der Waals surface area contributed by atoms with E-state index in [9.17, 15) is 9.50 Å². The molecule has 0 saturated heterocycles. The minimum Gasteiger partial charge on any atom is -0.491 e. The molecule has 2 nitrogen and oxygen atoms in total. The number of halogens is 3. The van der Waals surface area contributed by atoms with Crippen LogP contribution >= 0.6 is 23.2 Å². The van der Waals surface area contributed by atoms with Crippen molar-refractivity contribution in [2.24, 2.45) is 0 Å². The standard InChI is InChI=1S/C11H13Cl2FO2/c1-6(2)16-7-3-4-8(9(14)5-7)10(15)11(12)13/h3-6,10-11,15H,1-2H3. The van der Waals surface area contributed by atoms with Crippen molar-refractivity contribution >= 4 is 23.2 Å². The molecule has 0 aliphatic rings. The second kappa shape index (κ2) is 5.71. The van der Waals surface area contributed by atoms with E-state index in [2.05, 4.69) is 0 Å². The van der Waals surface area contributed by atoms with Gasteiger partial charge in [0.1, 0.15) is 22.5 Å². The van der Waals surface area contributed by atoms with Gasteiger partial charge in [0.2, 0.25) is 0 Å². The average molecular weight is 267 g/mol. The number of ether oxygens (including phenoxy) is 1. The summed E-state index contributed by atoms with van der Waals surface area (Å²) in [6.07, 6.45) is -1.28. The van der Waals surface area contributed by atoms with Gasteiger partial charge in [0.15, 0.2) is 0 Å². The van der Waals surface area contributed by atoms with E-state index >= 15 is 0 Å². The van der Waals surface area contributed by atoms with Gasteiger partial charge in [-0.3, -0.25) is 0 Å². The number of alkyl halides is 2. The topological polar surface area (TPSA) is 29.5 Å². The SMILES string of the molecule is CC(C)Oc1ccc(C(O)C(Cl)Cl)c(F)c1. The second-order valence-electron chi connectivity index (χ2n) is 3.63. The number of hydrogen-bond acceptors (Lipinski definition) is 2.